The quantitative estimate of drug-likeness (QED) is 0.0145. The van der Waals surface area contributed by atoms with Gasteiger partial charge >= 0.3 is 25.7 Å². The maximum Gasteiger partial charge on any atom is 0.472 e. The molecule has 0 aromatic rings. The summed E-state index contributed by atoms with van der Waals surface area (Å²) in [4.78, 5) is 59.2. The lowest BCUT2D eigenvalue weighted by Gasteiger charge is -2.20. The molecule has 372 valence electrons. The number of carboxylic acids is 1. The number of aliphatic hydroxyl groups is 3. The molecule has 1 aliphatic rings. The van der Waals surface area contributed by atoms with E-state index in [2.05, 4.69) is 30.5 Å². The molecule has 8 atom stereocenters. The molecule has 0 aliphatic heterocycles. The molecule has 1 saturated carbocycles. The lowest BCUT2D eigenvalue weighted by molar-refractivity contribution is -0.161. The number of allylic oxidation sites excluding steroid dienone is 2. The van der Waals surface area contributed by atoms with Gasteiger partial charge in [0.2, 0.25) is 0 Å². The normalized spacial score (nSPS) is 20.0. The topological polar surface area (TPSA) is 249 Å². The number of aliphatic hydroxyl groups excluding tert-OH is 3. The van der Waals surface area contributed by atoms with Crippen LogP contribution in [0, 0.1) is 11.8 Å². The van der Waals surface area contributed by atoms with E-state index in [0.29, 0.717) is 25.7 Å². The number of hydrogen-bond donors (Lipinski definition) is 6. The molecule has 0 amide bonds. The molecule has 0 aromatic heterocycles. The number of phosphoric ester groups is 1. The number of rotatable bonds is 42. The van der Waals surface area contributed by atoms with Gasteiger partial charge in [0.25, 0.3) is 0 Å². The summed E-state index contributed by atoms with van der Waals surface area (Å²) in [6, 6.07) is -1.58. The van der Waals surface area contributed by atoms with Crippen LogP contribution in [0.4, 0.5) is 0 Å². The maximum absolute atomic E-state index is 12.9. The SMILES string of the molecule is CCCCCCCC/C=C\CCCCCCCCCCCC(=O)O[C@H](COC(=O)CCCCC(=O)C[C@@H]1[C@@H](/C=C/[C@@H](O)CCCCC)[C@H](O)C[C@@H]1O)COP(=O)(O)OC[C@H](N)C(=O)O. The number of carboxylic acid groups (broad SMARTS) is 1. The molecule has 0 bridgehead atoms. The summed E-state index contributed by atoms with van der Waals surface area (Å²) in [6.07, 6.45) is 28.7. The van der Waals surface area contributed by atoms with E-state index in [1.165, 1.54) is 70.6 Å². The fraction of sp³-hybridized carbons (Fsp3) is 0.833. The number of ether oxygens (including phenoxy) is 2. The largest absolute Gasteiger partial charge is 0.480 e. The third-order valence-corrected chi connectivity index (χ3v) is 12.6. The van der Waals surface area contributed by atoms with Gasteiger partial charge in [-0.1, -0.05) is 134 Å². The molecule has 7 N–H and O–H groups in total. The third kappa shape index (κ3) is 31.4. The number of carbonyl (C=O) groups is 4. The minimum atomic E-state index is -4.81. The number of unbranched alkanes of at least 4 members (excludes halogenated alkanes) is 18. The highest BCUT2D eigenvalue weighted by Gasteiger charge is 2.41. The van der Waals surface area contributed by atoms with Crippen LogP contribution in [-0.2, 0) is 42.3 Å². The highest BCUT2D eigenvalue weighted by molar-refractivity contribution is 7.47. The first-order valence-corrected chi connectivity index (χ1v) is 26.0. The number of hydrogen-bond acceptors (Lipinski definition) is 13. The van der Waals surface area contributed by atoms with Gasteiger partial charge in [0.1, 0.15) is 18.4 Å². The van der Waals surface area contributed by atoms with Gasteiger partial charge < -0.3 is 40.5 Å². The highest BCUT2D eigenvalue weighted by Crippen LogP contribution is 2.43. The van der Waals surface area contributed by atoms with E-state index in [9.17, 15) is 44.0 Å². The predicted octanol–water partition coefficient (Wildman–Crippen LogP) is 8.96. The number of aliphatic carboxylic acids is 1. The van der Waals surface area contributed by atoms with Gasteiger partial charge in [-0.2, -0.15) is 0 Å². The summed E-state index contributed by atoms with van der Waals surface area (Å²) in [7, 11) is -4.81. The van der Waals surface area contributed by atoms with Gasteiger partial charge in [0.05, 0.1) is 31.5 Å². The number of esters is 2. The second kappa shape index (κ2) is 37.6. The molecular formula is C48H86NO14P. The van der Waals surface area contributed by atoms with Crippen LogP contribution in [-0.4, -0.2) is 99.3 Å². The van der Waals surface area contributed by atoms with Crippen LogP contribution in [0.5, 0.6) is 0 Å². The van der Waals surface area contributed by atoms with E-state index in [1.54, 1.807) is 12.2 Å². The van der Waals surface area contributed by atoms with Gasteiger partial charge in [-0.3, -0.25) is 28.2 Å². The number of ketones is 1. The summed E-state index contributed by atoms with van der Waals surface area (Å²) in [5, 5.41) is 40.2. The Balaban J connectivity index is 2.45. The Morgan fingerprint density at radius 3 is 1.81 bits per heavy atom. The number of nitrogens with two attached hydrogens (primary N) is 1. The van der Waals surface area contributed by atoms with Crippen LogP contribution < -0.4 is 5.73 Å². The Bertz CT molecular complexity index is 1360. The highest BCUT2D eigenvalue weighted by atomic mass is 31.2. The molecule has 0 saturated heterocycles. The molecule has 1 fully saturated rings. The molecule has 15 nitrogen and oxygen atoms in total. The summed E-state index contributed by atoms with van der Waals surface area (Å²) in [5.41, 5.74) is 5.33. The lowest BCUT2D eigenvalue weighted by Crippen LogP contribution is -2.34. The van der Waals surface area contributed by atoms with Crippen LogP contribution in [0.3, 0.4) is 0 Å². The predicted molar refractivity (Wildman–Crippen MR) is 247 cm³/mol. The van der Waals surface area contributed by atoms with Crippen molar-refractivity contribution in [3.05, 3.63) is 24.3 Å². The minimum absolute atomic E-state index is 0.0508. The zero-order valence-corrected chi connectivity index (χ0v) is 40.1. The standard InChI is InChI=1S/C48H86NO14P/c1-3-5-7-8-9-10-11-12-13-14-15-16-17-18-19-20-21-22-24-30-47(55)63-40(36-61-64(58,59)62-37-43(49)48(56)57)35-60-46(54)29-26-25-28-39(51)33-42-41(44(52)34-45(42)53)32-31-38(50)27-23-6-4-2/h12-13,31-32,38,40-45,50,52-53H,3-11,14-30,33-37,49H2,1-2H3,(H,56,57)(H,58,59)/b13-12-,32-31+/t38-,40+,41+,42+,43-,44+,45-/m0/s1. The van der Waals surface area contributed by atoms with Crippen molar-refractivity contribution in [2.45, 2.75) is 224 Å². The molecule has 1 unspecified atom stereocenters. The first-order chi connectivity index (χ1) is 30.7. The minimum Gasteiger partial charge on any atom is -0.480 e. The van der Waals surface area contributed by atoms with Crippen molar-refractivity contribution in [2.75, 3.05) is 19.8 Å². The van der Waals surface area contributed by atoms with Crippen molar-refractivity contribution in [2.24, 2.45) is 17.6 Å². The van der Waals surface area contributed by atoms with Crippen molar-refractivity contribution in [3.63, 3.8) is 0 Å². The van der Waals surface area contributed by atoms with E-state index in [0.717, 1.165) is 51.4 Å². The monoisotopic (exact) mass is 932 g/mol. The zero-order valence-electron chi connectivity index (χ0n) is 39.2. The van der Waals surface area contributed by atoms with Crippen LogP contribution in [0.15, 0.2) is 24.3 Å². The van der Waals surface area contributed by atoms with Crippen LogP contribution >= 0.6 is 7.82 Å². The smallest absolute Gasteiger partial charge is 0.472 e. The average Bonchev–Trinajstić information content (AvgIpc) is 3.52. The number of carbonyl (C=O) groups excluding carboxylic acids is 3. The van der Waals surface area contributed by atoms with E-state index in [-0.39, 0.29) is 37.9 Å². The van der Waals surface area contributed by atoms with Gasteiger partial charge in [0, 0.05) is 43.9 Å². The summed E-state index contributed by atoms with van der Waals surface area (Å²) in [6.45, 7) is 2.33. The van der Waals surface area contributed by atoms with Crippen LogP contribution in [0.2, 0.25) is 0 Å². The first-order valence-electron chi connectivity index (χ1n) is 24.5. The van der Waals surface area contributed by atoms with E-state index in [4.69, 9.17) is 24.8 Å². The number of phosphoric acid groups is 1. The second-order valence-corrected chi connectivity index (χ2v) is 19.0. The van der Waals surface area contributed by atoms with Crippen molar-refractivity contribution < 1.29 is 67.6 Å². The molecule has 0 spiro atoms. The van der Waals surface area contributed by atoms with Crippen molar-refractivity contribution >= 4 is 31.5 Å². The van der Waals surface area contributed by atoms with Crippen LogP contribution in [0.1, 0.15) is 194 Å². The fourth-order valence-corrected chi connectivity index (χ4v) is 8.48. The maximum atomic E-state index is 12.9. The van der Waals surface area contributed by atoms with E-state index in [1.807, 2.05) is 0 Å². The van der Waals surface area contributed by atoms with Gasteiger partial charge in [-0.05, 0) is 51.4 Å². The Morgan fingerprint density at radius 2 is 1.20 bits per heavy atom. The third-order valence-electron chi connectivity index (χ3n) is 11.7. The molecule has 0 radical (unpaired) electrons. The van der Waals surface area contributed by atoms with E-state index >= 15 is 0 Å². The van der Waals surface area contributed by atoms with E-state index < -0.39 is 87.8 Å². The Hall–Kier alpha value is -2.49. The van der Waals surface area contributed by atoms with Gasteiger partial charge in [0.15, 0.2) is 6.10 Å². The Kier molecular flexibility index (Phi) is 35.0. The lowest BCUT2D eigenvalue weighted by atomic mass is 9.87. The summed E-state index contributed by atoms with van der Waals surface area (Å²) >= 11 is 0. The molecular weight excluding hydrogens is 845 g/mol. The molecule has 0 aromatic carbocycles. The van der Waals surface area contributed by atoms with Crippen molar-refractivity contribution in [1.29, 1.82) is 0 Å². The first kappa shape index (κ1) is 59.5. The molecule has 1 aliphatic carbocycles. The number of Topliss-reactive ketones (excluding diaryl/α,β-unsaturated/α-hetero) is 1. The van der Waals surface area contributed by atoms with Gasteiger partial charge in [-0.25, -0.2) is 4.57 Å². The van der Waals surface area contributed by atoms with Crippen molar-refractivity contribution in [3.8, 4) is 0 Å². The Morgan fingerprint density at radius 1 is 0.688 bits per heavy atom. The molecule has 64 heavy (non-hydrogen) atoms. The zero-order chi connectivity index (χ0) is 47.4. The molecule has 0 heterocycles. The molecule has 1 rings (SSSR count). The average molecular weight is 932 g/mol. The molecule has 16 heteroatoms. The van der Waals surface area contributed by atoms with Gasteiger partial charge in [-0.15, -0.1) is 0 Å². The fourth-order valence-electron chi connectivity index (χ4n) is 7.70. The Labute approximate surface area is 383 Å². The second-order valence-electron chi connectivity index (χ2n) is 17.6. The van der Waals surface area contributed by atoms with Crippen LogP contribution in [0.25, 0.3) is 0 Å². The summed E-state index contributed by atoms with van der Waals surface area (Å²) in [5.74, 6) is -3.77. The van der Waals surface area contributed by atoms with Crippen molar-refractivity contribution in [1.82, 2.24) is 0 Å². The summed E-state index contributed by atoms with van der Waals surface area (Å²) < 4.78 is 32.7.